The van der Waals surface area contributed by atoms with Crippen LogP contribution in [-0.2, 0) is 11.0 Å². The SMILES string of the molecule is O=C1CCC1[C@@H](O)c1ccc(C(F)(F)F)cc1. The number of benzene rings is 1. The van der Waals surface area contributed by atoms with E-state index in [-0.39, 0.29) is 5.78 Å². The van der Waals surface area contributed by atoms with Crippen molar-refractivity contribution < 1.29 is 23.1 Å². The molecule has 1 aromatic carbocycles. The van der Waals surface area contributed by atoms with E-state index >= 15 is 0 Å². The molecule has 5 heteroatoms. The smallest absolute Gasteiger partial charge is 0.388 e. The van der Waals surface area contributed by atoms with Crippen LogP contribution in [0.15, 0.2) is 24.3 Å². The van der Waals surface area contributed by atoms with Gasteiger partial charge < -0.3 is 5.11 Å². The van der Waals surface area contributed by atoms with Crippen LogP contribution in [-0.4, -0.2) is 10.9 Å². The zero-order chi connectivity index (χ0) is 12.6. The molecule has 0 aromatic heterocycles. The van der Waals surface area contributed by atoms with Gasteiger partial charge in [0.05, 0.1) is 11.7 Å². The van der Waals surface area contributed by atoms with E-state index in [4.69, 9.17) is 0 Å². The molecule has 1 unspecified atom stereocenters. The highest BCUT2D eigenvalue weighted by Crippen LogP contribution is 2.36. The molecule has 2 nitrogen and oxygen atoms in total. The second-order valence-corrected chi connectivity index (χ2v) is 4.18. The molecule has 1 aliphatic carbocycles. The van der Waals surface area contributed by atoms with Crippen molar-refractivity contribution in [1.29, 1.82) is 0 Å². The molecule has 0 saturated heterocycles. The monoisotopic (exact) mass is 244 g/mol. The van der Waals surface area contributed by atoms with Crippen LogP contribution in [0.25, 0.3) is 0 Å². The summed E-state index contributed by atoms with van der Waals surface area (Å²) >= 11 is 0. The van der Waals surface area contributed by atoms with Crippen molar-refractivity contribution >= 4 is 5.78 Å². The Balaban J connectivity index is 2.15. The highest BCUT2D eigenvalue weighted by Gasteiger charge is 2.36. The maximum absolute atomic E-state index is 12.3. The van der Waals surface area contributed by atoms with Gasteiger partial charge in [0.15, 0.2) is 0 Å². The fraction of sp³-hybridized carbons (Fsp3) is 0.417. The largest absolute Gasteiger partial charge is 0.416 e. The van der Waals surface area contributed by atoms with Gasteiger partial charge in [-0.3, -0.25) is 4.79 Å². The lowest BCUT2D eigenvalue weighted by Crippen LogP contribution is -2.31. The Labute approximate surface area is 96.1 Å². The first-order chi connectivity index (χ1) is 7.89. The average molecular weight is 244 g/mol. The maximum atomic E-state index is 12.3. The molecule has 2 atom stereocenters. The lowest BCUT2D eigenvalue weighted by Gasteiger charge is -2.29. The summed E-state index contributed by atoms with van der Waals surface area (Å²) in [6, 6.07) is 4.28. The summed E-state index contributed by atoms with van der Waals surface area (Å²) in [6.07, 6.45) is -4.32. The zero-order valence-electron chi connectivity index (χ0n) is 8.87. The second kappa shape index (κ2) is 4.14. The molecule has 92 valence electrons. The van der Waals surface area contributed by atoms with Crippen molar-refractivity contribution in [3.63, 3.8) is 0 Å². The molecular formula is C12H11F3O2. The van der Waals surface area contributed by atoms with E-state index in [1.807, 2.05) is 0 Å². The van der Waals surface area contributed by atoms with Gasteiger partial charge in [-0.1, -0.05) is 12.1 Å². The number of aliphatic hydroxyl groups is 1. The number of hydrogen-bond acceptors (Lipinski definition) is 2. The van der Waals surface area contributed by atoms with E-state index in [9.17, 15) is 23.1 Å². The van der Waals surface area contributed by atoms with E-state index in [0.717, 1.165) is 12.1 Å². The summed E-state index contributed by atoms with van der Waals surface area (Å²) in [5, 5.41) is 9.80. The number of rotatable bonds is 2. The summed E-state index contributed by atoms with van der Waals surface area (Å²) in [4.78, 5) is 11.1. The van der Waals surface area contributed by atoms with Crippen LogP contribution in [0.4, 0.5) is 13.2 Å². The second-order valence-electron chi connectivity index (χ2n) is 4.18. The van der Waals surface area contributed by atoms with E-state index in [2.05, 4.69) is 0 Å². The molecule has 0 amide bonds. The van der Waals surface area contributed by atoms with Gasteiger partial charge in [0, 0.05) is 12.3 Å². The third kappa shape index (κ3) is 2.34. The minimum absolute atomic E-state index is 0.0302. The summed E-state index contributed by atoms with van der Waals surface area (Å²) in [6.45, 7) is 0. The minimum atomic E-state index is -4.38. The van der Waals surface area contributed by atoms with Crippen LogP contribution in [0.3, 0.4) is 0 Å². The fourth-order valence-electron chi connectivity index (χ4n) is 1.86. The fourth-order valence-corrected chi connectivity index (χ4v) is 1.86. The van der Waals surface area contributed by atoms with Gasteiger partial charge in [-0.2, -0.15) is 13.2 Å². The Bertz CT molecular complexity index is 422. The predicted molar refractivity (Wildman–Crippen MR) is 54.1 cm³/mol. The Hall–Kier alpha value is -1.36. The van der Waals surface area contributed by atoms with Crippen molar-refractivity contribution in [2.45, 2.75) is 25.1 Å². The molecule has 0 radical (unpaired) electrons. The molecule has 1 aromatic rings. The van der Waals surface area contributed by atoms with Crippen molar-refractivity contribution in [2.75, 3.05) is 0 Å². The van der Waals surface area contributed by atoms with Crippen molar-refractivity contribution in [2.24, 2.45) is 5.92 Å². The first-order valence-electron chi connectivity index (χ1n) is 5.27. The third-order valence-corrected chi connectivity index (χ3v) is 3.08. The lowest BCUT2D eigenvalue weighted by atomic mass is 9.77. The molecule has 0 heterocycles. The zero-order valence-corrected chi connectivity index (χ0v) is 8.87. The van der Waals surface area contributed by atoms with E-state index in [1.165, 1.54) is 12.1 Å². The lowest BCUT2D eigenvalue weighted by molar-refractivity contribution is -0.138. The topological polar surface area (TPSA) is 37.3 Å². The number of carbonyl (C=O) groups is 1. The molecule has 1 saturated carbocycles. The summed E-state index contributed by atoms with van der Waals surface area (Å²) in [5.74, 6) is -0.482. The standard InChI is InChI=1S/C12H11F3O2/c13-12(14,15)8-3-1-7(2-4-8)11(17)9-5-6-10(9)16/h1-4,9,11,17H,5-6H2/t9?,11-/m0/s1. The van der Waals surface area contributed by atoms with Gasteiger partial charge in [-0.15, -0.1) is 0 Å². The van der Waals surface area contributed by atoms with E-state index < -0.39 is 23.8 Å². The average Bonchev–Trinajstić information content (AvgIpc) is 2.26. The van der Waals surface area contributed by atoms with Crippen LogP contribution in [0.2, 0.25) is 0 Å². The van der Waals surface area contributed by atoms with Crippen LogP contribution in [0.5, 0.6) is 0 Å². The highest BCUT2D eigenvalue weighted by atomic mass is 19.4. The van der Waals surface area contributed by atoms with Crippen molar-refractivity contribution in [3.8, 4) is 0 Å². The van der Waals surface area contributed by atoms with Crippen molar-refractivity contribution in [1.82, 2.24) is 0 Å². The maximum Gasteiger partial charge on any atom is 0.416 e. The first-order valence-corrected chi connectivity index (χ1v) is 5.27. The minimum Gasteiger partial charge on any atom is -0.388 e. The van der Waals surface area contributed by atoms with Crippen molar-refractivity contribution in [3.05, 3.63) is 35.4 Å². The van der Waals surface area contributed by atoms with Crippen LogP contribution in [0.1, 0.15) is 30.1 Å². The number of carbonyl (C=O) groups excluding carboxylic acids is 1. The first kappa shape index (κ1) is 12.1. The van der Waals surface area contributed by atoms with Crippen LogP contribution in [0, 0.1) is 5.92 Å². The normalized spacial score (nSPS) is 22.1. The molecule has 17 heavy (non-hydrogen) atoms. The van der Waals surface area contributed by atoms with Gasteiger partial charge >= 0.3 is 6.18 Å². The number of halogens is 3. The van der Waals surface area contributed by atoms with Gasteiger partial charge in [-0.25, -0.2) is 0 Å². The molecule has 0 aliphatic heterocycles. The molecule has 1 aliphatic rings. The summed E-state index contributed by atoms with van der Waals surface area (Å²) in [7, 11) is 0. The molecule has 1 fully saturated rings. The Morgan fingerprint density at radius 3 is 2.18 bits per heavy atom. The van der Waals surface area contributed by atoms with Gasteiger partial charge in [0.25, 0.3) is 0 Å². The molecular weight excluding hydrogens is 233 g/mol. The van der Waals surface area contributed by atoms with E-state index in [1.54, 1.807) is 0 Å². The van der Waals surface area contributed by atoms with Crippen LogP contribution < -0.4 is 0 Å². The summed E-state index contributed by atoms with van der Waals surface area (Å²) in [5.41, 5.74) is -0.399. The Morgan fingerprint density at radius 2 is 1.82 bits per heavy atom. The number of ketones is 1. The number of aliphatic hydroxyl groups excluding tert-OH is 1. The molecule has 0 bridgehead atoms. The number of alkyl halides is 3. The van der Waals surface area contributed by atoms with Gasteiger partial charge in [0.1, 0.15) is 5.78 Å². The highest BCUT2D eigenvalue weighted by molar-refractivity contribution is 5.87. The molecule has 2 rings (SSSR count). The Morgan fingerprint density at radius 1 is 1.24 bits per heavy atom. The summed E-state index contributed by atoms with van der Waals surface area (Å²) < 4.78 is 36.9. The van der Waals surface area contributed by atoms with Gasteiger partial charge in [-0.05, 0) is 24.1 Å². The number of Topliss-reactive ketones (excluding diaryl/α,β-unsaturated/α-hetero) is 1. The molecule has 0 spiro atoms. The third-order valence-electron chi connectivity index (χ3n) is 3.08. The molecule has 1 N–H and O–H groups in total. The predicted octanol–water partition coefficient (Wildman–Crippen LogP) is 2.72. The Kier molecular flexibility index (Phi) is 2.95. The number of hydrogen-bond donors (Lipinski definition) is 1. The van der Waals surface area contributed by atoms with E-state index in [0.29, 0.717) is 18.4 Å². The van der Waals surface area contributed by atoms with Gasteiger partial charge in [0.2, 0.25) is 0 Å². The quantitative estimate of drug-likeness (QED) is 0.868. The van der Waals surface area contributed by atoms with Crippen LogP contribution >= 0.6 is 0 Å².